The molecule has 0 radical (unpaired) electrons. The summed E-state index contributed by atoms with van der Waals surface area (Å²) < 4.78 is 18.5. The lowest BCUT2D eigenvalue weighted by Gasteiger charge is -2.48. The van der Waals surface area contributed by atoms with Gasteiger partial charge in [-0.15, -0.1) is 0 Å². The van der Waals surface area contributed by atoms with Gasteiger partial charge in [0.2, 0.25) is 5.91 Å². The third-order valence-corrected chi connectivity index (χ3v) is 8.43. The van der Waals surface area contributed by atoms with Crippen LogP contribution in [-0.2, 0) is 41.7 Å². The van der Waals surface area contributed by atoms with Crippen LogP contribution in [0.5, 0.6) is 0 Å². The Kier molecular flexibility index (Phi) is 7.33. The summed E-state index contributed by atoms with van der Waals surface area (Å²) in [6.45, 7) is 0.455. The molecular formula is C27H28IN3O8. The standard InChI is InChI=1S/C27H28IN3O8/c28-18-6-2-4-16(10-18)13-31-22-25(34)38-19-11-27(22,23(39-31)21-20(19)36-14-37-21)26(35)30-12-15-3-1-5-17(9-15)24(33)29-7-8-32/h1-6,9-10,19-23,32H,7-8,11-14H2,(H,29,33)(H,30,35). The molecule has 2 bridgehead atoms. The molecule has 2 aromatic rings. The highest BCUT2D eigenvalue weighted by atomic mass is 127. The van der Waals surface area contributed by atoms with E-state index in [4.69, 9.17) is 24.2 Å². The number of amides is 2. The van der Waals surface area contributed by atoms with E-state index < -0.39 is 41.8 Å². The number of hydrogen-bond acceptors (Lipinski definition) is 9. The van der Waals surface area contributed by atoms with Crippen molar-refractivity contribution in [2.45, 2.75) is 50.0 Å². The van der Waals surface area contributed by atoms with Crippen LogP contribution in [0.15, 0.2) is 48.5 Å². The molecule has 3 saturated heterocycles. The van der Waals surface area contributed by atoms with E-state index in [0.29, 0.717) is 11.1 Å². The molecule has 12 heteroatoms. The Balaban J connectivity index is 1.27. The van der Waals surface area contributed by atoms with Gasteiger partial charge < -0.3 is 30.0 Å². The molecule has 3 N–H and O–H groups in total. The molecule has 0 spiro atoms. The van der Waals surface area contributed by atoms with Gasteiger partial charge >= 0.3 is 5.97 Å². The highest BCUT2D eigenvalue weighted by Crippen LogP contribution is 2.55. The van der Waals surface area contributed by atoms with Gasteiger partial charge in [0.05, 0.1) is 13.2 Å². The van der Waals surface area contributed by atoms with Gasteiger partial charge in [0.15, 0.2) is 6.04 Å². The number of nitrogens with zero attached hydrogens (tertiary/aromatic N) is 1. The molecule has 0 aromatic heterocycles. The van der Waals surface area contributed by atoms with E-state index in [2.05, 4.69) is 33.2 Å². The number of hydrogen-bond donors (Lipinski definition) is 3. The van der Waals surface area contributed by atoms with Crippen molar-refractivity contribution >= 4 is 40.4 Å². The van der Waals surface area contributed by atoms with Crippen LogP contribution in [0.2, 0.25) is 0 Å². The smallest absolute Gasteiger partial charge is 0.327 e. The fourth-order valence-electron chi connectivity index (χ4n) is 6.09. The molecule has 6 rings (SSSR count). The molecular weight excluding hydrogens is 621 g/mol. The van der Waals surface area contributed by atoms with Crippen LogP contribution in [0.4, 0.5) is 0 Å². The van der Waals surface area contributed by atoms with E-state index in [0.717, 1.165) is 9.13 Å². The average Bonchev–Trinajstić information content (AvgIpc) is 3.55. The number of carbonyl (C=O) groups excluding carboxylic acids is 3. The average molecular weight is 649 g/mol. The summed E-state index contributed by atoms with van der Waals surface area (Å²) in [6, 6.07) is 13.8. The Morgan fingerprint density at radius 2 is 1.87 bits per heavy atom. The number of benzene rings is 2. The third-order valence-electron chi connectivity index (χ3n) is 7.76. The summed E-state index contributed by atoms with van der Waals surface area (Å²) in [5.74, 6) is -1.18. The van der Waals surface area contributed by atoms with Crippen molar-refractivity contribution in [3.8, 4) is 0 Å². The predicted molar refractivity (Wildman–Crippen MR) is 143 cm³/mol. The fourth-order valence-corrected chi connectivity index (χ4v) is 6.70. The Morgan fingerprint density at radius 3 is 2.69 bits per heavy atom. The van der Waals surface area contributed by atoms with Crippen molar-refractivity contribution in [1.29, 1.82) is 0 Å². The summed E-state index contributed by atoms with van der Waals surface area (Å²) in [7, 11) is 0. The zero-order valence-electron chi connectivity index (χ0n) is 20.9. The van der Waals surface area contributed by atoms with E-state index in [9.17, 15) is 14.4 Å². The predicted octanol–water partition coefficient (Wildman–Crippen LogP) is 0.871. The molecule has 3 heterocycles. The number of esters is 1. The zero-order chi connectivity index (χ0) is 27.1. The first kappa shape index (κ1) is 26.6. The summed E-state index contributed by atoms with van der Waals surface area (Å²) in [4.78, 5) is 46.2. The monoisotopic (exact) mass is 649 g/mol. The molecule has 1 aliphatic carbocycles. The second-order valence-corrected chi connectivity index (χ2v) is 11.3. The van der Waals surface area contributed by atoms with E-state index in [1.54, 1.807) is 29.3 Å². The highest BCUT2D eigenvalue weighted by molar-refractivity contribution is 14.1. The SMILES string of the molecule is O=C(NCCO)c1cccc(CNC(=O)C23CC4OC(=O)C2N(Cc2cccc(I)c2)OC3C2OCOC42)c1. The summed E-state index contributed by atoms with van der Waals surface area (Å²) in [5.41, 5.74) is 0.818. The van der Waals surface area contributed by atoms with Crippen LogP contribution in [0.25, 0.3) is 0 Å². The number of rotatable bonds is 8. The van der Waals surface area contributed by atoms with Crippen LogP contribution in [0, 0.1) is 8.99 Å². The quantitative estimate of drug-likeness (QED) is 0.281. The molecule has 4 fully saturated rings. The molecule has 6 atom stereocenters. The molecule has 2 aromatic carbocycles. The van der Waals surface area contributed by atoms with Gasteiger partial charge in [-0.3, -0.25) is 19.2 Å². The maximum absolute atomic E-state index is 14.1. The highest BCUT2D eigenvalue weighted by Gasteiger charge is 2.74. The molecule has 4 aliphatic rings. The molecule has 11 nitrogen and oxygen atoms in total. The van der Waals surface area contributed by atoms with Crippen molar-refractivity contribution in [3.63, 3.8) is 0 Å². The van der Waals surface area contributed by atoms with Crippen LogP contribution < -0.4 is 10.6 Å². The Labute approximate surface area is 238 Å². The van der Waals surface area contributed by atoms with Crippen molar-refractivity contribution in [1.82, 2.24) is 15.7 Å². The molecule has 3 aliphatic heterocycles. The van der Waals surface area contributed by atoms with Crippen molar-refractivity contribution < 1.29 is 38.5 Å². The largest absolute Gasteiger partial charge is 0.458 e. The Bertz CT molecular complexity index is 1290. The second-order valence-electron chi connectivity index (χ2n) is 10.1. The van der Waals surface area contributed by atoms with Gasteiger partial charge in [0, 0.05) is 28.6 Å². The maximum Gasteiger partial charge on any atom is 0.327 e. The number of carbonyl (C=O) groups is 3. The van der Waals surface area contributed by atoms with E-state index in [1.807, 2.05) is 24.3 Å². The first-order valence-corrected chi connectivity index (χ1v) is 13.9. The normalized spacial score (nSPS) is 30.9. The molecule has 6 unspecified atom stereocenters. The lowest BCUT2D eigenvalue weighted by Crippen LogP contribution is -2.69. The minimum Gasteiger partial charge on any atom is -0.458 e. The number of nitrogens with one attached hydrogen (secondary N) is 2. The number of ether oxygens (including phenoxy) is 3. The summed E-state index contributed by atoms with van der Waals surface area (Å²) in [5, 5.41) is 16.1. The minimum absolute atomic E-state index is 0.0353. The second kappa shape index (κ2) is 10.7. The lowest BCUT2D eigenvalue weighted by atomic mass is 9.62. The number of fused-ring (bicyclic) bond motifs is 4. The zero-order valence-corrected chi connectivity index (χ0v) is 23.0. The first-order chi connectivity index (χ1) is 18.9. The van der Waals surface area contributed by atoms with Gasteiger partial charge in [-0.1, -0.05) is 24.3 Å². The summed E-state index contributed by atoms with van der Waals surface area (Å²) in [6.07, 6.45) is -2.19. The van der Waals surface area contributed by atoms with E-state index >= 15 is 0 Å². The van der Waals surface area contributed by atoms with E-state index in [1.165, 1.54) is 0 Å². The number of aliphatic hydroxyl groups is 1. The van der Waals surface area contributed by atoms with Crippen LogP contribution in [0.1, 0.15) is 27.9 Å². The first-order valence-electron chi connectivity index (χ1n) is 12.8. The van der Waals surface area contributed by atoms with Gasteiger partial charge in [-0.25, -0.2) is 0 Å². The van der Waals surface area contributed by atoms with Crippen molar-refractivity contribution in [3.05, 3.63) is 68.8 Å². The molecule has 206 valence electrons. The maximum atomic E-state index is 14.1. The van der Waals surface area contributed by atoms with Gasteiger partial charge in [-0.2, -0.15) is 5.06 Å². The number of halogens is 1. The third kappa shape index (κ3) is 4.72. The van der Waals surface area contributed by atoms with Crippen molar-refractivity contribution in [2.24, 2.45) is 5.41 Å². The van der Waals surface area contributed by atoms with Crippen LogP contribution >= 0.6 is 22.6 Å². The van der Waals surface area contributed by atoms with Gasteiger partial charge in [-0.05, 0) is 58.0 Å². The molecule has 1 saturated carbocycles. The van der Waals surface area contributed by atoms with E-state index in [-0.39, 0.29) is 51.3 Å². The lowest BCUT2D eigenvalue weighted by molar-refractivity contribution is -0.201. The number of aliphatic hydroxyl groups excluding tert-OH is 1. The van der Waals surface area contributed by atoms with Crippen LogP contribution in [-0.4, -0.2) is 78.4 Å². The van der Waals surface area contributed by atoms with Gasteiger partial charge in [0.1, 0.15) is 36.6 Å². The Morgan fingerprint density at radius 1 is 1.08 bits per heavy atom. The molecule has 2 amide bonds. The van der Waals surface area contributed by atoms with Crippen molar-refractivity contribution in [2.75, 3.05) is 19.9 Å². The molecule has 39 heavy (non-hydrogen) atoms. The number of hydroxylamine groups is 2. The summed E-state index contributed by atoms with van der Waals surface area (Å²) >= 11 is 2.23. The fraction of sp³-hybridized carbons (Fsp3) is 0.444. The Hall–Kier alpha value is -2.62. The minimum atomic E-state index is -1.24. The van der Waals surface area contributed by atoms with Gasteiger partial charge in [0.25, 0.3) is 5.91 Å². The van der Waals surface area contributed by atoms with Crippen LogP contribution in [0.3, 0.4) is 0 Å². The topological polar surface area (TPSA) is 136 Å².